The molecule has 1 N–H and O–H groups in total. The molecule has 0 spiro atoms. The van der Waals surface area contributed by atoms with Crippen LogP contribution in [-0.4, -0.2) is 62.0 Å². The molecule has 2 fully saturated rings. The van der Waals surface area contributed by atoms with Gasteiger partial charge in [-0.05, 0) is 52.7 Å². The van der Waals surface area contributed by atoms with Crippen molar-refractivity contribution in [3.05, 3.63) is 0 Å². The van der Waals surface area contributed by atoms with Crippen molar-refractivity contribution in [2.75, 3.05) is 46.3 Å². The van der Waals surface area contributed by atoms with E-state index < -0.39 is 0 Å². The van der Waals surface area contributed by atoms with E-state index in [-0.39, 0.29) is 5.41 Å². The van der Waals surface area contributed by atoms with Gasteiger partial charge in [-0.25, -0.2) is 0 Å². The van der Waals surface area contributed by atoms with Crippen molar-refractivity contribution in [1.82, 2.24) is 15.1 Å². The summed E-state index contributed by atoms with van der Waals surface area (Å²) < 4.78 is 0. The number of hydrogen-bond acceptors (Lipinski definition) is 3. The van der Waals surface area contributed by atoms with Crippen LogP contribution < -0.4 is 5.32 Å². The van der Waals surface area contributed by atoms with E-state index >= 15 is 0 Å². The van der Waals surface area contributed by atoms with E-state index in [1.807, 2.05) is 0 Å². The Morgan fingerprint density at radius 3 is 2.61 bits per heavy atom. The van der Waals surface area contributed by atoms with Crippen molar-refractivity contribution in [3.63, 3.8) is 0 Å². The zero-order valence-electron chi connectivity index (χ0n) is 12.0. The van der Waals surface area contributed by atoms with Crippen LogP contribution >= 0.6 is 0 Å². The lowest BCUT2D eigenvalue weighted by molar-refractivity contribution is -0.139. The number of carbonyl (C=O) groups is 1. The second-order valence-corrected chi connectivity index (χ2v) is 6.56. The third kappa shape index (κ3) is 3.23. The Labute approximate surface area is 111 Å². The fourth-order valence-electron chi connectivity index (χ4n) is 2.95. The lowest BCUT2D eigenvalue weighted by Gasteiger charge is -2.35. The van der Waals surface area contributed by atoms with Gasteiger partial charge < -0.3 is 15.1 Å². The lowest BCUT2D eigenvalue weighted by Crippen LogP contribution is -2.45. The van der Waals surface area contributed by atoms with Crippen molar-refractivity contribution in [1.29, 1.82) is 0 Å². The maximum Gasteiger partial charge on any atom is 0.229 e. The van der Waals surface area contributed by atoms with Gasteiger partial charge in [0.1, 0.15) is 0 Å². The van der Waals surface area contributed by atoms with Gasteiger partial charge in [0.25, 0.3) is 0 Å². The summed E-state index contributed by atoms with van der Waals surface area (Å²) in [4.78, 5) is 17.0. The maximum absolute atomic E-state index is 12.5. The molecule has 4 heteroatoms. The average Bonchev–Trinajstić information content (AvgIpc) is 2.45. The fraction of sp³-hybridized carbons (Fsp3) is 0.929. The van der Waals surface area contributed by atoms with Crippen LogP contribution in [0.1, 0.15) is 26.7 Å². The molecule has 2 aliphatic rings. The van der Waals surface area contributed by atoms with E-state index in [1.165, 1.54) is 25.9 Å². The van der Waals surface area contributed by atoms with E-state index in [9.17, 15) is 4.79 Å². The first-order valence-electron chi connectivity index (χ1n) is 7.18. The Morgan fingerprint density at radius 1 is 1.28 bits per heavy atom. The van der Waals surface area contributed by atoms with Gasteiger partial charge in [0, 0.05) is 26.2 Å². The summed E-state index contributed by atoms with van der Waals surface area (Å²) in [5.74, 6) is 1.02. The number of hydrogen-bond donors (Lipinski definition) is 1. The molecule has 0 unspecified atom stereocenters. The van der Waals surface area contributed by atoms with E-state index in [2.05, 4.69) is 36.0 Å². The van der Waals surface area contributed by atoms with Crippen LogP contribution in [0.15, 0.2) is 0 Å². The molecule has 2 heterocycles. The molecule has 4 nitrogen and oxygen atoms in total. The Balaban J connectivity index is 1.93. The molecule has 0 aliphatic carbocycles. The van der Waals surface area contributed by atoms with Gasteiger partial charge in [-0.2, -0.15) is 0 Å². The third-order valence-corrected chi connectivity index (χ3v) is 4.31. The summed E-state index contributed by atoms with van der Waals surface area (Å²) in [5.41, 5.74) is -0.248. The summed E-state index contributed by atoms with van der Waals surface area (Å²) in [6.45, 7) is 10.0. The Bertz CT molecular complexity index is 295. The summed E-state index contributed by atoms with van der Waals surface area (Å²) in [6.07, 6.45) is 2.46. The molecule has 18 heavy (non-hydrogen) atoms. The predicted octanol–water partition coefficient (Wildman–Crippen LogP) is 0.786. The first-order valence-corrected chi connectivity index (χ1v) is 7.18. The van der Waals surface area contributed by atoms with Crippen molar-refractivity contribution in [2.24, 2.45) is 11.3 Å². The Morgan fingerprint density at radius 2 is 1.94 bits per heavy atom. The van der Waals surface area contributed by atoms with Crippen LogP contribution in [-0.2, 0) is 4.79 Å². The molecule has 0 bridgehead atoms. The van der Waals surface area contributed by atoms with E-state index in [1.54, 1.807) is 0 Å². The van der Waals surface area contributed by atoms with Crippen LogP contribution in [0.25, 0.3) is 0 Å². The molecule has 0 aromatic rings. The Hall–Kier alpha value is -0.610. The first kappa shape index (κ1) is 13.8. The number of carbonyl (C=O) groups excluding carboxylic acids is 1. The van der Waals surface area contributed by atoms with Crippen LogP contribution in [0.2, 0.25) is 0 Å². The highest BCUT2D eigenvalue weighted by molar-refractivity contribution is 5.82. The van der Waals surface area contributed by atoms with Crippen molar-refractivity contribution >= 4 is 5.91 Å². The van der Waals surface area contributed by atoms with Crippen LogP contribution in [0.4, 0.5) is 0 Å². The van der Waals surface area contributed by atoms with Gasteiger partial charge in [-0.1, -0.05) is 0 Å². The molecule has 0 saturated carbocycles. The molecule has 0 aromatic carbocycles. The molecule has 2 saturated heterocycles. The molecular weight excluding hydrogens is 226 g/mol. The summed E-state index contributed by atoms with van der Waals surface area (Å²) >= 11 is 0. The average molecular weight is 253 g/mol. The zero-order chi connectivity index (χ0) is 13.2. The molecule has 0 aromatic heterocycles. The monoisotopic (exact) mass is 253 g/mol. The minimum Gasteiger partial charge on any atom is -0.341 e. The number of rotatable bonds is 2. The van der Waals surface area contributed by atoms with Gasteiger partial charge in [0.15, 0.2) is 0 Å². The summed E-state index contributed by atoms with van der Waals surface area (Å²) in [5, 5.41) is 3.37. The van der Waals surface area contributed by atoms with E-state index in [0.29, 0.717) is 11.8 Å². The highest BCUT2D eigenvalue weighted by atomic mass is 16.2. The number of likely N-dealkylation sites (tertiary alicyclic amines) is 1. The predicted molar refractivity (Wildman–Crippen MR) is 73.5 cm³/mol. The van der Waals surface area contributed by atoms with Crippen LogP contribution in [0, 0.1) is 11.3 Å². The quantitative estimate of drug-likeness (QED) is 0.790. The first-order chi connectivity index (χ1) is 8.49. The van der Waals surface area contributed by atoms with Crippen molar-refractivity contribution in [2.45, 2.75) is 26.7 Å². The van der Waals surface area contributed by atoms with E-state index in [4.69, 9.17) is 0 Å². The van der Waals surface area contributed by atoms with Crippen molar-refractivity contribution in [3.8, 4) is 0 Å². The summed E-state index contributed by atoms with van der Waals surface area (Å²) in [7, 11) is 2.18. The molecule has 0 atom stereocenters. The highest BCUT2D eigenvalue weighted by Gasteiger charge is 2.34. The zero-order valence-corrected chi connectivity index (χ0v) is 12.0. The largest absolute Gasteiger partial charge is 0.341 e. The minimum absolute atomic E-state index is 0.248. The molecular formula is C14H27N3O. The molecule has 0 radical (unpaired) electrons. The van der Waals surface area contributed by atoms with E-state index in [0.717, 1.165) is 26.2 Å². The molecule has 2 rings (SSSR count). The standard InChI is InChI=1S/C14H27N3O/c1-14(2)11-15-6-9-17(13(14)18)10-12-4-7-16(3)8-5-12/h12,15H,4-11H2,1-3H3. The van der Waals surface area contributed by atoms with Crippen molar-refractivity contribution < 1.29 is 4.79 Å². The smallest absolute Gasteiger partial charge is 0.229 e. The second-order valence-electron chi connectivity index (χ2n) is 6.56. The van der Waals surface area contributed by atoms with Gasteiger partial charge in [-0.15, -0.1) is 0 Å². The van der Waals surface area contributed by atoms with Gasteiger partial charge in [-0.3, -0.25) is 4.79 Å². The minimum atomic E-state index is -0.248. The highest BCUT2D eigenvalue weighted by Crippen LogP contribution is 2.23. The van der Waals surface area contributed by atoms with Gasteiger partial charge >= 0.3 is 0 Å². The topological polar surface area (TPSA) is 35.6 Å². The SMILES string of the molecule is CN1CCC(CN2CCNCC(C)(C)C2=O)CC1. The Kier molecular flexibility index (Phi) is 4.28. The lowest BCUT2D eigenvalue weighted by atomic mass is 9.90. The maximum atomic E-state index is 12.5. The fourth-order valence-corrected chi connectivity index (χ4v) is 2.95. The number of nitrogens with zero attached hydrogens (tertiary/aromatic N) is 2. The van der Waals surface area contributed by atoms with Crippen LogP contribution in [0.5, 0.6) is 0 Å². The number of nitrogens with one attached hydrogen (secondary N) is 1. The van der Waals surface area contributed by atoms with Crippen LogP contribution in [0.3, 0.4) is 0 Å². The van der Waals surface area contributed by atoms with Gasteiger partial charge in [0.05, 0.1) is 5.41 Å². The number of piperidine rings is 1. The summed E-state index contributed by atoms with van der Waals surface area (Å²) in [6, 6.07) is 0. The van der Waals surface area contributed by atoms with Gasteiger partial charge in [0.2, 0.25) is 5.91 Å². The number of amides is 1. The molecule has 104 valence electrons. The molecule has 2 aliphatic heterocycles. The third-order valence-electron chi connectivity index (χ3n) is 4.31. The second kappa shape index (κ2) is 5.57. The normalized spacial score (nSPS) is 27.3. The molecule has 1 amide bonds.